The number of para-hydroxylation sites is 1. The van der Waals surface area contributed by atoms with Gasteiger partial charge >= 0.3 is 0 Å². The Morgan fingerprint density at radius 1 is 1.11 bits per heavy atom. The Hall–Kier alpha value is -4.25. The smallest absolute Gasteiger partial charge is 0.262 e. The first-order valence-corrected chi connectivity index (χ1v) is 12.6. The molecule has 0 bridgehead atoms. The van der Waals surface area contributed by atoms with Crippen LogP contribution in [0.15, 0.2) is 54.2 Å². The Balaban J connectivity index is 1.35. The summed E-state index contributed by atoms with van der Waals surface area (Å²) in [6.45, 7) is 4.85. The van der Waals surface area contributed by atoms with Gasteiger partial charge in [0.05, 0.1) is 0 Å². The Bertz CT molecular complexity index is 1410. The van der Waals surface area contributed by atoms with Crippen LogP contribution in [0.25, 0.3) is 17.0 Å². The third-order valence-electron chi connectivity index (χ3n) is 7.16. The Morgan fingerprint density at radius 3 is 2.65 bits per heavy atom. The molecule has 37 heavy (non-hydrogen) atoms. The largest absolute Gasteiger partial charge is 0.454 e. The van der Waals surface area contributed by atoms with Crippen LogP contribution in [0, 0.1) is 11.3 Å². The van der Waals surface area contributed by atoms with Crippen LogP contribution in [-0.4, -0.2) is 40.2 Å². The molecule has 2 atom stereocenters. The highest BCUT2D eigenvalue weighted by Gasteiger charge is 2.29. The summed E-state index contributed by atoms with van der Waals surface area (Å²) in [6.07, 6.45) is 6.61. The lowest BCUT2D eigenvalue weighted by Gasteiger charge is -2.39. The first-order valence-electron chi connectivity index (χ1n) is 12.6. The van der Waals surface area contributed by atoms with Crippen LogP contribution in [0.1, 0.15) is 44.2 Å². The van der Waals surface area contributed by atoms with E-state index in [1.54, 1.807) is 12.1 Å². The fourth-order valence-corrected chi connectivity index (χ4v) is 5.29. The van der Waals surface area contributed by atoms with Crippen molar-refractivity contribution < 1.29 is 19.1 Å². The molecule has 0 saturated carbocycles. The number of nitrogens with zero attached hydrogens (tertiary/aromatic N) is 3. The maximum atomic E-state index is 13.3. The molecule has 2 aromatic carbocycles. The molecule has 1 aromatic heterocycles. The van der Waals surface area contributed by atoms with Gasteiger partial charge in [-0.3, -0.25) is 9.59 Å². The van der Waals surface area contributed by atoms with E-state index in [0.717, 1.165) is 41.3 Å². The lowest BCUT2D eigenvalue weighted by atomic mass is 9.97. The minimum Gasteiger partial charge on any atom is -0.454 e. The van der Waals surface area contributed by atoms with Crippen LogP contribution in [0.2, 0.25) is 0 Å². The topological polar surface area (TPSA) is 96.6 Å². The van der Waals surface area contributed by atoms with Crippen molar-refractivity contribution in [2.75, 3.05) is 6.79 Å². The van der Waals surface area contributed by atoms with Crippen LogP contribution >= 0.6 is 0 Å². The Kier molecular flexibility index (Phi) is 6.87. The molecule has 8 heteroatoms. The van der Waals surface area contributed by atoms with Crippen molar-refractivity contribution in [1.29, 1.82) is 5.26 Å². The summed E-state index contributed by atoms with van der Waals surface area (Å²) < 4.78 is 12.6. The van der Waals surface area contributed by atoms with Crippen molar-refractivity contribution in [3.8, 4) is 17.6 Å². The monoisotopic (exact) mass is 498 g/mol. The van der Waals surface area contributed by atoms with E-state index < -0.39 is 5.91 Å². The first kappa shape index (κ1) is 24.4. The van der Waals surface area contributed by atoms with E-state index >= 15 is 0 Å². The zero-order valence-corrected chi connectivity index (χ0v) is 21.1. The van der Waals surface area contributed by atoms with Crippen molar-refractivity contribution in [2.24, 2.45) is 0 Å². The van der Waals surface area contributed by atoms with Gasteiger partial charge in [0.1, 0.15) is 18.2 Å². The summed E-state index contributed by atoms with van der Waals surface area (Å²) in [6, 6.07) is 15.6. The van der Waals surface area contributed by atoms with Gasteiger partial charge in [0.15, 0.2) is 11.5 Å². The van der Waals surface area contributed by atoms with E-state index in [9.17, 15) is 14.9 Å². The second kappa shape index (κ2) is 10.4. The normalized spacial score (nSPS) is 19.1. The van der Waals surface area contributed by atoms with Crippen molar-refractivity contribution in [3.05, 3.63) is 65.4 Å². The Morgan fingerprint density at radius 2 is 1.86 bits per heavy atom. The fourth-order valence-electron chi connectivity index (χ4n) is 5.29. The number of rotatable bonds is 6. The number of hydrogen-bond donors (Lipinski definition) is 1. The summed E-state index contributed by atoms with van der Waals surface area (Å²) in [5.74, 6) is 0.923. The third-order valence-corrected chi connectivity index (χ3v) is 7.16. The highest BCUT2D eigenvalue weighted by Crippen LogP contribution is 2.32. The molecule has 2 aliphatic heterocycles. The fraction of sp³-hybridized carbons (Fsp3) is 0.345. The molecule has 0 unspecified atom stereocenters. The number of benzene rings is 2. The predicted molar refractivity (Wildman–Crippen MR) is 140 cm³/mol. The number of likely N-dealkylation sites (tertiary alicyclic amines) is 1. The average molecular weight is 499 g/mol. The minimum absolute atomic E-state index is 0.00625. The lowest BCUT2D eigenvalue weighted by Crippen LogP contribution is -2.48. The molecule has 2 amide bonds. The van der Waals surface area contributed by atoms with E-state index in [0.29, 0.717) is 11.5 Å². The number of aromatic nitrogens is 1. The van der Waals surface area contributed by atoms with Gasteiger partial charge in [-0.05, 0) is 62.9 Å². The van der Waals surface area contributed by atoms with E-state index in [2.05, 4.69) is 19.2 Å². The Labute approximate surface area is 216 Å². The maximum absolute atomic E-state index is 13.3. The highest BCUT2D eigenvalue weighted by atomic mass is 16.7. The number of carbonyl (C=O) groups is 2. The molecule has 0 radical (unpaired) electrons. The number of nitrogens with one attached hydrogen (secondary N) is 1. The van der Waals surface area contributed by atoms with Crippen LogP contribution in [0.3, 0.4) is 0 Å². The van der Waals surface area contributed by atoms with Gasteiger partial charge in [0.2, 0.25) is 12.7 Å². The van der Waals surface area contributed by atoms with Crippen molar-refractivity contribution in [3.63, 3.8) is 0 Å². The number of ether oxygens (including phenoxy) is 2. The number of amides is 2. The van der Waals surface area contributed by atoms with Crippen LogP contribution in [-0.2, 0) is 22.7 Å². The predicted octanol–water partition coefficient (Wildman–Crippen LogP) is 4.38. The van der Waals surface area contributed by atoms with Crippen LogP contribution < -0.4 is 14.8 Å². The van der Waals surface area contributed by atoms with E-state index in [4.69, 9.17) is 9.47 Å². The molecule has 2 aliphatic rings. The molecule has 8 nitrogen and oxygen atoms in total. The van der Waals surface area contributed by atoms with Gasteiger partial charge in [0, 0.05) is 41.3 Å². The zero-order chi connectivity index (χ0) is 25.9. The van der Waals surface area contributed by atoms with Crippen LogP contribution in [0.4, 0.5) is 0 Å². The molecule has 1 N–H and O–H groups in total. The van der Waals surface area contributed by atoms with Crippen molar-refractivity contribution >= 4 is 28.8 Å². The summed E-state index contributed by atoms with van der Waals surface area (Å²) in [5, 5.41) is 13.4. The molecule has 0 aliphatic carbocycles. The summed E-state index contributed by atoms with van der Waals surface area (Å²) in [4.78, 5) is 28.1. The summed E-state index contributed by atoms with van der Waals surface area (Å²) in [7, 11) is 0. The second-order valence-electron chi connectivity index (χ2n) is 9.70. The molecule has 5 rings (SSSR count). The van der Waals surface area contributed by atoms with E-state index in [1.165, 1.54) is 0 Å². The quantitative estimate of drug-likeness (QED) is 0.402. The van der Waals surface area contributed by atoms with Crippen molar-refractivity contribution in [2.45, 2.75) is 58.3 Å². The molecule has 1 fully saturated rings. The number of fused-ring (bicyclic) bond motifs is 2. The first-order chi connectivity index (χ1) is 17.9. The van der Waals surface area contributed by atoms with E-state index in [1.807, 2.05) is 58.1 Å². The second-order valence-corrected chi connectivity index (χ2v) is 9.70. The van der Waals surface area contributed by atoms with Gasteiger partial charge in [-0.1, -0.05) is 24.3 Å². The van der Waals surface area contributed by atoms with Gasteiger partial charge in [0.25, 0.3) is 5.91 Å². The maximum Gasteiger partial charge on any atom is 0.262 e. The molecular formula is C29H30N4O4. The average Bonchev–Trinajstić information content (AvgIpc) is 3.50. The standard InChI is InChI=1S/C29H30N4O4/c1-19-6-5-7-20(2)33(19)28(34)17-32-16-23(24-8-3-4-9-25(24)32)13-22(14-30)29(35)31-15-21-10-11-26-27(12-21)37-18-36-26/h3-4,8-13,16,19-20H,5-7,15,17-18H2,1-2H3,(H,31,35)/b22-13+/t19-,20+. The number of piperidine rings is 1. The van der Waals surface area contributed by atoms with Crippen LogP contribution in [0.5, 0.6) is 11.5 Å². The van der Waals surface area contributed by atoms with Gasteiger partial charge < -0.3 is 24.3 Å². The summed E-state index contributed by atoms with van der Waals surface area (Å²) in [5.41, 5.74) is 2.44. The van der Waals surface area contributed by atoms with Gasteiger partial charge in [-0.2, -0.15) is 5.26 Å². The molecule has 3 heterocycles. The lowest BCUT2D eigenvalue weighted by molar-refractivity contribution is -0.137. The zero-order valence-electron chi connectivity index (χ0n) is 21.1. The van der Waals surface area contributed by atoms with Crippen molar-refractivity contribution in [1.82, 2.24) is 14.8 Å². The number of nitriles is 1. The number of carbonyl (C=O) groups excluding carboxylic acids is 2. The molecule has 0 spiro atoms. The highest BCUT2D eigenvalue weighted by molar-refractivity contribution is 6.04. The van der Waals surface area contributed by atoms with Gasteiger partial charge in [-0.25, -0.2) is 0 Å². The van der Waals surface area contributed by atoms with Gasteiger partial charge in [-0.15, -0.1) is 0 Å². The number of hydrogen-bond acceptors (Lipinski definition) is 5. The molecule has 1 saturated heterocycles. The van der Waals surface area contributed by atoms with E-state index in [-0.39, 0.29) is 43.4 Å². The SMILES string of the molecule is C[C@@H]1CCC[C@H](C)N1C(=O)Cn1cc(/C=C(\C#N)C(=O)NCc2ccc3c(c2)OCO3)c2ccccc21. The molecule has 190 valence electrons. The molecular weight excluding hydrogens is 468 g/mol. The molecule has 3 aromatic rings. The summed E-state index contributed by atoms with van der Waals surface area (Å²) >= 11 is 0. The third kappa shape index (κ3) is 5.03. The minimum atomic E-state index is -0.468.